The summed E-state index contributed by atoms with van der Waals surface area (Å²) >= 11 is 3.17. The van der Waals surface area contributed by atoms with Gasteiger partial charge in [0.05, 0.1) is 0 Å². The number of halogens is 1. The van der Waals surface area contributed by atoms with E-state index in [-0.39, 0.29) is 0 Å². The first kappa shape index (κ1) is 10.3. The van der Waals surface area contributed by atoms with E-state index in [0.717, 1.165) is 4.74 Å². The Morgan fingerprint density at radius 1 is 1.46 bits per heavy atom. The first-order chi connectivity index (χ1) is 5.89. The maximum atomic E-state index is 11.4. The molecule has 1 aromatic heterocycles. The van der Waals surface area contributed by atoms with Crippen LogP contribution in [-0.4, -0.2) is 16.5 Å². The van der Waals surface area contributed by atoms with E-state index in [1.807, 2.05) is 20.8 Å². The van der Waals surface area contributed by atoms with Crippen molar-refractivity contribution in [2.45, 2.75) is 26.3 Å². The highest BCUT2D eigenvalue weighted by Gasteiger charge is 2.18. The van der Waals surface area contributed by atoms with E-state index in [4.69, 9.17) is 4.42 Å². The Hall–Kier alpha value is -0.770. The molecule has 1 aromatic rings. The summed E-state index contributed by atoms with van der Waals surface area (Å²) in [7, 11) is 0. The second-order valence-corrected chi connectivity index (χ2v) is 4.55. The Bertz CT molecular complexity index is 323. The van der Waals surface area contributed by atoms with Gasteiger partial charge in [-0.1, -0.05) is 0 Å². The lowest BCUT2D eigenvalue weighted by Crippen LogP contribution is -2.29. The van der Waals surface area contributed by atoms with Gasteiger partial charge in [-0.25, -0.2) is 4.74 Å². The van der Waals surface area contributed by atoms with Crippen LogP contribution in [0.15, 0.2) is 21.2 Å². The summed E-state index contributed by atoms with van der Waals surface area (Å²) in [6.07, 6.45) is 1.44. The van der Waals surface area contributed by atoms with E-state index < -0.39 is 5.54 Å². The number of rotatable bonds is 1. The fraction of sp³-hybridized carbons (Fsp3) is 0.444. The van der Waals surface area contributed by atoms with E-state index in [0.29, 0.717) is 10.4 Å². The summed E-state index contributed by atoms with van der Waals surface area (Å²) < 4.78 is 6.67. The molecule has 0 N–H and O–H groups in total. The highest BCUT2D eigenvalue weighted by molar-refractivity contribution is 9.10. The third-order valence-electron chi connectivity index (χ3n) is 1.50. The van der Waals surface area contributed by atoms with Crippen LogP contribution in [0.1, 0.15) is 26.5 Å². The van der Waals surface area contributed by atoms with Crippen LogP contribution < -0.4 is 0 Å². The molecule has 0 bridgehead atoms. The summed E-state index contributed by atoms with van der Waals surface area (Å²) in [4.78, 5) is 0. The molecule has 0 fully saturated rings. The van der Waals surface area contributed by atoms with Crippen molar-refractivity contribution in [3.05, 3.63) is 27.8 Å². The standard InChI is InChI=1S/C9H12BrNO2/c1-9(2,3)11(12)6-7-4-5-8(10)13-7/h4-6H,1-3H3/b11-6-. The molecule has 0 aliphatic carbocycles. The highest BCUT2D eigenvalue weighted by Crippen LogP contribution is 2.13. The molecule has 0 aliphatic rings. The third kappa shape index (κ3) is 2.88. The molecule has 0 aromatic carbocycles. The fourth-order valence-electron chi connectivity index (χ4n) is 0.707. The van der Waals surface area contributed by atoms with Crippen molar-refractivity contribution in [3.63, 3.8) is 0 Å². The van der Waals surface area contributed by atoms with Crippen LogP contribution >= 0.6 is 15.9 Å². The molecule has 3 nitrogen and oxygen atoms in total. The Balaban J connectivity index is 2.89. The van der Waals surface area contributed by atoms with Crippen LogP contribution in [0.3, 0.4) is 0 Å². The van der Waals surface area contributed by atoms with Gasteiger partial charge in [-0.15, -0.1) is 0 Å². The van der Waals surface area contributed by atoms with E-state index in [1.165, 1.54) is 6.21 Å². The number of nitrogens with zero attached hydrogens (tertiary/aromatic N) is 1. The lowest BCUT2D eigenvalue weighted by atomic mass is 10.1. The summed E-state index contributed by atoms with van der Waals surface area (Å²) in [6.45, 7) is 5.53. The second kappa shape index (κ2) is 3.54. The Morgan fingerprint density at radius 2 is 2.08 bits per heavy atom. The minimum Gasteiger partial charge on any atom is -0.623 e. The summed E-state index contributed by atoms with van der Waals surface area (Å²) in [5.74, 6) is 0.553. The van der Waals surface area contributed by atoms with Crippen LogP contribution in [0.25, 0.3) is 0 Å². The molecular formula is C9H12BrNO2. The molecule has 0 radical (unpaired) electrons. The van der Waals surface area contributed by atoms with Crippen LogP contribution in [-0.2, 0) is 0 Å². The fourth-order valence-corrected chi connectivity index (χ4v) is 1.03. The van der Waals surface area contributed by atoms with Crippen molar-refractivity contribution in [2.24, 2.45) is 0 Å². The molecule has 72 valence electrons. The number of furan rings is 1. The largest absolute Gasteiger partial charge is 0.623 e. The molecule has 0 aliphatic heterocycles. The van der Waals surface area contributed by atoms with Gasteiger partial charge < -0.3 is 9.62 Å². The van der Waals surface area contributed by atoms with Gasteiger partial charge in [-0.3, -0.25) is 0 Å². The summed E-state index contributed by atoms with van der Waals surface area (Å²) in [5, 5.41) is 11.4. The minimum absolute atomic E-state index is 0.431. The third-order valence-corrected chi connectivity index (χ3v) is 1.93. The maximum Gasteiger partial charge on any atom is 0.218 e. The first-order valence-corrected chi connectivity index (χ1v) is 4.75. The SMILES string of the molecule is CC(C)(C)/[N+]([O-])=C/c1ccc(Br)o1. The van der Waals surface area contributed by atoms with Crippen molar-refractivity contribution in [2.75, 3.05) is 0 Å². The molecular weight excluding hydrogens is 234 g/mol. The second-order valence-electron chi connectivity index (χ2n) is 3.77. The van der Waals surface area contributed by atoms with Crippen molar-refractivity contribution in [3.8, 4) is 0 Å². The zero-order valence-electron chi connectivity index (χ0n) is 7.87. The van der Waals surface area contributed by atoms with Crippen LogP contribution in [0.5, 0.6) is 0 Å². The summed E-state index contributed by atoms with van der Waals surface area (Å²) in [5.41, 5.74) is -0.431. The first-order valence-electron chi connectivity index (χ1n) is 3.96. The Labute approximate surface area is 85.8 Å². The van der Waals surface area contributed by atoms with Crippen molar-refractivity contribution < 1.29 is 9.16 Å². The number of hydrogen-bond acceptors (Lipinski definition) is 2. The van der Waals surface area contributed by atoms with Crippen LogP contribution in [0.4, 0.5) is 0 Å². The van der Waals surface area contributed by atoms with Crippen molar-refractivity contribution in [1.82, 2.24) is 0 Å². The Kier molecular flexibility index (Phi) is 2.81. The topological polar surface area (TPSA) is 39.2 Å². The van der Waals surface area contributed by atoms with Crippen molar-refractivity contribution >= 4 is 22.1 Å². The molecule has 0 spiro atoms. The predicted octanol–water partition coefficient (Wildman–Crippen LogP) is 2.77. The van der Waals surface area contributed by atoms with E-state index in [2.05, 4.69) is 15.9 Å². The van der Waals surface area contributed by atoms with Gasteiger partial charge in [-0.05, 0) is 28.1 Å². The zero-order chi connectivity index (χ0) is 10.1. The number of hydrogen-bond donors (Lipinski definition) is 0. The molecule has 1 heterocycles. The van der Waals surface area contributed by atoms with Crippen molar-refractivity contribution in [1.29, 1.82) is 0 Å². The minimum atomic E-state index is -0.431. The van der Waals surface area contributed by atoms with Gasteiger partial charge in [0.1, 0.15) is 0 Å². The molecule has 4 heteroatoms. The molecule has 1 rings (SSSR count). The van der Waals surface area contributed by atoms with Crippen LogP contribution in [0, 0.1) is 5.21 Å². The van der Waals surface area contributed by atoms with Gasteiger partial charge in [0.15, 0.2) is 16.0 Å². The molecule has 0 saturated heterocycles. The van der Waals surface area contributed by atoms with E-state index in [9.17, 15) is 5.21 Å². The van der Waals surface area contributed by atoms with Gasteiger partial charge in [0, 0.05) is 20.8 Å². The normalized spacial score (nSPS) is 13.4. The monoisotopic (exact) mass is 245 g/mol. The van der Waals surface area contributed by atoms with E-state index in [1.54, 1.807) is 12.1 Å². The number of hydroxylamine groups is 1. The lowest BCUT2D eigenvalue weighted by molar-refractivity contribution is -0.530. The molecule has 0 unspecified atom stereocenters. The van der Waals surface area contributed by atoms with Gasteiger partial charge in [0.2, 0.25) is 6.21 Å². The van der Waals surface area contributed by atoms with Gasteiger partial charge in [0.25, 0.3) is 0 Å². The quantitative estimate of drug-likeness (QED) is 0.331. The van der Waals surface area contributed by atoms with E-state index >= 15 is 0 Å². The van der Waals surface area contributed by atoms with Gasteiger partial charge in [-0.2, -0.15) is 0 Å². The molecule has 0 saturated carbocycles. The zero-order valence-corrected chi connectivity index (χ0v) is 9.46. The average Bonchev–Trinajstić information content (AvgIpc) is 2.33. The molecule has 0 atom stereocenters. The summed E-state index contributed by atoms with van der Waals surface area (Å²) in [6, 6.07) is 3.49. The molecule has 13 heavy (non-hydrogen) atoms. The average molecular weight is 246 g/mol. The highest BCUT2D eigenvalue weighted by atomic mass is 79.9. The predicted molar refractivity (Wildman–Crippen MR) is 55.0 cm³/mol. The smallest absolute Gasteiger partial charge is 0.218 e. The van der Waals surface area contributed by atoms with Gasteiger partial charge >= 0.3 is 0 Å². The molecule has 0 amide bonds. The maximum absolute atomic E-state index is 11.4. The Morgan fingerprint density at radius 3 is 2.46 bits per heavy atom. The lowest BCUT2D eigenvalue weighted by Gasteiger charge is -2.17. The van der Waals surface area contributed by atoms with Crippen LogP contribution in [0.2, 0.25) is 0 Å².